The Labute approximate surface area is 102 Å². The van der Waals surface area contributed by atoms with E-state index < -0.39 is 11.6 Å². The van der Waals surface area contributed by atoms with E-state index in [2.05, 4.69) is 11.9 Å². The molecule has 2 aliphatic rings. The number of rotatable bonds is 3. The normalized spacial score (nSPS) is 35.5. The number of hydrogen-bond donors (Lipinski definition) is 1. The Balaban J connectivity index is 2.33. The van der Waals surface area contributed by atoms with E-state index in [1.807, 2.05) is 13.8 Å². The predicted octanol–water partition coefficient (Wildman–Crippen LogP) is 1.08. The molecule has 17 heavy (non-hydrogen) atoms. The minimum Gasteiger partial charge on any atom is -0.340 e. The van der Waals surface area contributed by atoms with E-state index in [4.69, 9.17) is 0 Å². The molecule has 0 bridgehead atoms. The summed E-state index contributed by atoms with van der Waals surface area (Å²) in [4.78, 5) is 26.2. The first kappa shape index (κ1) is 12.1. The summed E-state index contributed by atoms with van der Waals surface area (Å²) in [5.41, 5.74) is -0.707. The van der Waals surface area contributed by atoms with Crippen molar-refractivity contribution in [3.63, 3.8) is 0 Å². The van der Waals surface area contributed by atoms with Gasteiger partial charge in [0.1, 0.15) is 11.6 Å². The number of carbonyl (C=O) groups excluding carboxylic acids is 2. The van der Waals surface area contributed by atoms with Crippen LogP contribution in [0.4, 0.5) is 0 Å². The maximum atomic E-state index is 12.5. The molecule has 1 heterocycles. The molecule has 3 unspecified atom stereocenters. The number of piperazine rings is 1. The highest BCUT2D eigenvalue weighted by molar-refractivity contribution is 6.00. The van der Waals surface area contributed by atoms with Crippen LogP contribution < -0.4 is 5.32 Å². The topological polar surface area (TPSA) is 49.4 Å². The Bertz CT molecular complexity index is 376. The van der Waals surface area contributed by atoms with Crippen LogP contribution in [-0.4, -0.2) is 34.3 Å². The molecule has 0 radical (unpaired) electrons. The van der Waals surface area contributed by atoms with Gasteiger partial charge >= 0.3 is 0 Å². The summed E-state index contributed by atoms with van der Waals surface area (Å²) in [5.74, 6) is 0.262. The van der Waals surface area contributed by atoms with Gasteiger partial charge < -0.3 is 10.2 Å². The Morgan fingerprint density at radius 1 is 1.53 bits per heavy atom. The molecule has 2 rings (SSSR count). The summed E-state index contributed by atoms with van der Waals surface area (Å²) in [6, 6.07) is -0.524. The monoisotopic (exact) mass is 236 g/mol. The molecular weight excluding hydrogens is 216 g/mol. The summed E-state index contributed by atoms with van der Waals surface area (Å²) < 4.78 is 0. The van der Waals surface area contributed by atoms with Gasteiger partial charge in [-0.25, -0.2) is 0 Å². The fraction of sp³-hybridized carbons (Fsp3) is 0.692. The van der Waals surface area contributed by atoms with Crippen LogP contribution in [-0.2, 0) is 9.59 Å². The highest BCUT2D eigenvalue weighted by Gasteiger charge is 2.54. The lowest BCUT2D eigenvalue weighted by molar-refractivity contribution is -0.156. The van der Waals surface area contributed by atoms with Crippen LogP contribution in [0.3, 0.4) is 0 Å². The second kappa shape index (κ2) is 3.86. The largest absolute Gasteiger partial charge is 0.340 e. The lowest BCUT2D eigenvalue weighted by atomic mass is 9.89. The first-order valence-corrected chi connectivity index (χ1v) is 6.19. The highest BCUT2D eigenvalue weighted by Crippen LogP contribution is 2.42. The van der Waals surface area contributed by atoms with Gasteiger partial charge in [-0.3, -0.25) is 9.59 Å². The van der Waals surface area contributed by atoms with Crippen molar-refractivity contribution in [1.82, 2.24) is 10.2 Å². The number of carbonyl (C=O) groups is 2. The molecule has 94 valence electrons. The lowest BCUT2D eigenvalue weighted by Crippen LogP contribution is -2.70. The van der Waals surface area contributed by atoms with Gasteiger partial charge in [-0.1, -0.05) is 6.08 Å². The molecule has 0 spiro atoms. The molecule has 2 amide bonds. The molecule has 1 saturated heterocycles. The average Bonchev–Trinajstić information content (AvgIpc) is 3.10. The van der Waals surface area contributed by atoms with Gasteiger partial charge in [-0.05, 0) is 39.5 Å². The number of hydrogen-bond acceptors (Lipinski definition) is 2. The Morgan fingerprint density at radius 2 is 2.12 bits per heavy atom. The fourth-order valence-corrected chi connectivity index (χ4v) is 2.57. The van der Waals surface area contributed by atoms with E-state index in [1.54, 1.807) is 17.9 Å². The van der Waals surface area contributed by atoms with E-state index in [9.17, 15) is 9.59 Å². The van der Waals surface area contributed by atoms with Crippen molar-refractivity contribution >= 4 is 11.8 Å². The summed E-state index contributed by atoms with van der Waals surface area (Å²) in [6.07, 6.45) is 3.75. The minimum absolute atomic E-state index is 0.0273. The number of nitrogens with zero attached hydrogens (tertiary/aromatic N) is 1. The van der Waals surface area contributed by atoms with Crippen LogP contribution in [0.15, 0.2) is 12.7 Å². The van der Waals surface area contributed by atoms with Gasteiger partial charge in [0.2, 0.25) is 11.8 Å². The van der Waals surface area contributed by atoms with Crippen molar-refractivity contribution in [1.29, 1.82) is 0 Å². The van der Waals surface area contributed by atoms with E-state index in [-0.39, 0.29) is 17.9 Å². The van der Waals surface area contributed by atoms with Crippen LogP contribution in [0.1, 0.15) is 33.6 Å². The second-order valence-electron chi connectivity index (χ2n) is 5.33. The van der Waals surface area contributed by atoms with Gasteiger partial charge in [-0.2, -0.15) is 0 Å². The van der Waals surface area contributed by atoms with Gasteiger partial charge in [0.25, 0.3) is 0 Å². The molecule has 2 fully saturated rings. The highest BCUT2D eigenvalue weighted by atomic mass is 16.2. The molecule has 1 saturated carbocycles. The smallest absolute Gasteiger partial charge is 0.249 e. The summed E-state index contributed by atoms with van der Waals surface area (Å²) in [7, 11) is 0. The fourth-order valence-electron chi connectivity index (χ4n) is 2.57. The van der Waals surface area contributed by atoms with Crippen LogP contribution in [0.25, 0.3) is 0 Å². The summed E-state index contributed by atoms with van der Waals surface area (Å²) in [5, 5.41) is 2.90. The Kier molecular flexibility index (Phi) is 2.76. The SMILES string of the molecule is C=CC(C)N1C(=O)C(C)(C2CC2)NC(=O)C1C. The third kappa shape index (κ3) is 1.75. The molecule has 1 aliphatic carbocycles. The minimum atomic E-state index is -0.707. The standard InChI is InChI=1S/C13H20N2O2/c1-5-8(2)15-9(3)11(16)14-13(4,12(15)17)10-6-7-10/h5,8-10H,1,6-7H2,2-4H3,(H,14,16). The van der Waals surface area contributed by atoms with Crippen molar-refractivity contribution in [2.75, 3.05) is 0 Å². The lowest BCUT2D eigenvalue weighted by Gasteiger charge is -2.45. The maximum absolute atomic E-state index is 12.5. The zero-order valence-electron chi connectivity index (χ0n) is 10.7. The van der Waals surface area contributed by atoms with E-state index in [1.165, 1.54) is 0 Å². The van der Waals surface area contributed by atoms with Crippen molar-refractivity contribution in [2.45, 2.75) is 51.2 Å². The third-order valence-corrected chi connectivity index (χ3v) is 4.03. The quantitative estimate of drug-likeness (QED) is 0.745. The van der Waals surface area contributed by atoms with E-state index in [0.717, 1.165) is 12.8 Å². The molecule has 1 N–H and O–H groups in total. The molecule has 0 aromatic carbocycles. The van der Waals surface area contributed by atoms with E-state index >= 15 is 0 Å². The molecule has 4 heteroatoms. The second-order valence-corrected chi connectivity index (χ2v) is 5.33. The summed E-state index contributed by atoms with van der Waals surface area (Å²) in [6.45, 7) is 9.22. The molecule has 0 aromatic heterocycles. The van der Waals surface area contributed by atoms with Crippen LogP contribution in [0.2, 0.25) is 0 Å². The van der Waals surface area contributed by atoms with Crippen molar-refractivity contribution in [3.05, 3.63) is 12.7 Å². The van der Waals surface area contributed by atoms with Crippen LogP contribution in [0, 0.1) is 5.92 Å². The third-order valence-electron chi connectivity index (χ3n) is 4.03. The number of nitrogens with one attached hydrogen (secondary N) is 1. The summed E-state index contributed by atoms with van der Waals surface area (Å²) >= 11 is 0. The Hall–Kier alpha value is -1.32. The molecule has 3 atom stereocenters. The van der Waals surface area contributed by atoms with Gasteiger partial charge in [0.05, 0.1) is 0 Å². The first-order chi connectivity index (χ1) is 7.91. The first-order valence-electron chi connectivity index (χ1n) is 6.19. The van der Waals surface area contributed by atoms with Crippen molar-refractivity contribution in [2.24, 2.45) is 5.92 Å². The zero-order chi connectivity index (χ0) is 12.8. The molecular formula is C13H20N2O2. The van der Waals surface area contributed by atoms with Gasteiger partial charge in [-0.15, -0.1) is 6.58 Å². The molecule has 1 aliphatic heterocycles. The van der Waals surface area contributed by atoms with Crippen LogP contribution >= 0.6 is 0 Å². The van der Waals surface area contributed by atoms with Crippen LogP contribution in [0.5, 0.6) is 0 Å². The average molecular weight is 236 g/mol. The van der Waals surface area contributed by atoms with E-state index in [0.29, 0.717) is 5.92 Å². The zero-order valence-corrected chi connectivity index (χ0v) is 10.7. The molecule has 4 nitrogen and oxygen atoms in total. The molecule has 0 aromatic rings. The van der Waals surface area contributed by atoms with Crippen molar-refractivity contribution < 1.29 is 9.59 Å². The maximum Gasteiger partial charge on any atom is 0.249 e. The van der Waals surface area contributed by atoms with Gasteiger partial charge in [0, 0.05) is 6.04 Å². The number of amides is 2. The Morgan fingerprint density at radius 3 is 2.59 bits per heavy atom. The predicted molar refractivity (Wildman–Crippen MR) is 65.2 cm³/mol. The van der Waals surface area contributed by atoms with Gasteiger partial charge in [0.15, 0.2) is 0 Å². The van der Waals surface area contributed by atoms with Crippen molar-refractivity contribution in [3.8, 4) is 0 Å².